The molecule has 0 radical (unpaired) electrons. The molecule has 0 heterocycles. The van der Waals surface area contributed by atoms with Crippen molar-refractivity contribution < 1.29 is 14.3 Å². The van der Waals surface area contributed by atoms with Gasteiger partial charge in [0.2, 0.25) is 12.1 Å². The van der Waals surface area contributed by atoms with Gasteiger partial charge in [-0.2, -0.15) is 0 Å². The summed E-state index contributed by atoms with van der Waals surface area (Å²) in [5, 5.41) is 0. The fourth-order valence-corrected chi connectivity index (χ4v) is 0.863. The van der Waals surface area contributed by atoms with Crippen molar-refractivity contribution >= 4 is 5.78 Å². The molecule has 0 aromatic carbocycles. The zero-order valence-electron chi connectivity index (χ0n) is 9.79. The maximum absolute atomic E-state index is 11.2. The van der Waals surface area contributed by atoms with Gasteiger partial charge in [0.25, 0.3) is 0 Å². The SMILES string of the molecule is CCOC(C#CC(=O)C=C(C)C)OCC. The van der Waals surface area contributed by atoms with Gasteiger partial charge in [0.05, 0.1) is 0 Å². The predicted octanol–water partition coefficient (Wildman–Crippen LogP) is 1.92. The lowest BCUT2D eigenvalue weighted by Gasteiger charge is -2.09. The Morgan fingerprint density at radius 3 is 2.20 bits per heavy atom. The zero-order valence-corrected chi connectivity index (χ0v) is 9.79. The molecule has 0 bridgehead atoms. The molecule has 0 aliphatic heterocycles. The summed E-state index contributed by atoms with van der Waals surface area (Å²) in [5.74, 6) is 4.88. The van der Waals surface area contributed by atoms with Gasteiger partial charge < -0.3 is 9.47 Å². The first kappa shape index (κ1) is 13.9. The first-order valence-electron chi connectivity index (χ1n) is 5.03. The van der Waals surface area contributed by atoms with Crippen LogP contribution in [0.1, 0.15) is 27.7 Å². The summed E-state index contributed by atoms with van der Waals surface area (Å²) in [6.07, 6.45) is 0.886. The van der Waals surface area contributed by atoms with E-state index in [1.165, 1.54) is 6.08 Å². The topological polar surface area (TPSA) is 35.5 Å². The van der Waals surface area contributed by atoms with Crippen LogP contribution in [0.4, 0.5) is 0 Å². The van der Waals surface area contributed by atoms with Crippen molar-refractivity contribution in [1.82, 2.24) is 0 Å². The van der Waals surface area contributed by atoms with Crippen molar-refractivity contribution in [2.75, 3.05) is 13.2 Å². The minimum absolute atomic E-state index is 0.223. The van der Waals surface area contributed by atoms with Crippen LogP contribution in [0.2, 0.25) is 0 Å². The first-order chi connectivity index (χ1) is 7.10. The highest BCUT2D eigenvalue weighted by Gasteiger charge is 2.02. The molecule has 0 aromatic rings. The number of hydrogen-bond donors (Lipinski definition) is 0. The average Bonchev–Trinajstić information content (AvgIpc) is 2.14. The molecule has 0 unspecified atom stereocenters. The van der Waals surface area contributed by atoms with Crippen LogP contribution < -0.4 is 0 Å². The third-order valence-electron chi connectivity index (χ3n) is 1.37. The highest BCUT2D eigenvalue weighted by molar-refractivity contribution is 6.04. The molecule has 15 heavy (non-hydrogen) atoms. The average molecular weight is 210 g/mol. The third kappa shape index (κ3) is 7.92. The number of carbonyl (C=O) groups is 1. The molecule has 0 aliphatic rings. The Hall–Kier alpha value is -1.11. The van der Waals surface area contributed by atoms with Crippen LogP contribution in [0.3, 0.4) is 0 Å². The van der Waals surface area contributed by atoms with Crippen LogP contribution in [0.5, 0.6) is 0 Å². The van der Waals surface area contributed by atoms with Crippen molar-refractivity contribution in [2.45, 2.75) is 34.0 Å². The van der Waals surface area contributed by atoms with Gasteiger partial charge in [-0.25, -0.2) is 0 Å². The summed E-state index contributed by atoms with van der Waals surface area (Å²) in [7, 11) is 0. The predicted molar refractivity (Wildman–Crippen MR) is 59.3 cm³/mol. The van der Waals surface area contributed by atoms with Crippen LogP contribution in [0.25, 0.3) is 0 Å². The Labute approximate surface area is 91.5 Å². The molecule has 0 rings (SSSR count). The van der Waals surface area contributed by atoms with E-state index in [1.807, 2.05) is 27.7 Å². The van der Waals surface area contributed by atoms with Gasteiger partial charge in [0, 0.05) is 13.2 Å². The van der Waals surface area contributed by atoms with Crippen LogP contribution in [0, 0.1) is 11.8 Å². The Morgan fingerprint density at radius 1 is 1.27 bits per heavy atom. The summed E-state index contributed by atoms with van der Waals surface area (Å²) < 4.78 is 10.3. The van der Waals surface area contributed by atoms with Gasteiger partial charge in [-0.3, -0.25) is 4.79 Å². The van der Waals surface area contributed by atoms with Crippen molar-refractivity contribution in [3.63, 3.8) is 0 Å². The monoisotopic (exact) mass is 210 g/mol. The van der Waals surface area contributed by atoms with E-state index in [2.05, 4.69) is 11.8 Å². The van der Waals surface area contributed by atoms with Crippen molar-refractivity contribution in [2.24, 2.45) is 0 Å². The molecule has 3 heteroatoms. The fourth-order valence-electron chi connectivity index (χ4n) is 0.863. The Balaban J connectivity index is 4.31. The maximum Gasteiger partial charge on any atom is 0.228 e. The number of ether oxygens (including phenoxy) is 2. The van der Waals surface area contributed by atoms with Crippen molar-refractivity contribution in [3.8, 4) is 11.8 Å². The standard InChI is InChI=1S/C12H18O3/c1-5-14-12(15-6-2)8-7-11(13)9-10(3)4/h9,12H,5-6H2,1-4H3. The quantitative estimate of drug-likeness (QED) is 0.301. The lowest BCUT2D eigenvalue weighted by atomic mass is 10.2. The second kappa shape index (κ2) is 8.22. The van der Waals surface area contributed by atoms with Crippen LogP contribution in [-0.4, -0.2) is 25.3 Å². The van der Waals surface area contributed by atoms with E-state index in [-0.39, 0.29) is 5.78 Å². The summed E-state index contributed by atoms with van der Waals surface area (Å²) >= 11 is 0. The molecule has 0 N–H and O–H groups in total. The molecule has 0 spiro atoms. The largest absolute Gasteiger partial charge is 0.342 e. The van der Waals surface area contributed by atoms with E-state index in [0.29, 0.717) is 13.2 Å². The summed E-state index contributed by atoms with van der Waals surface area (Å²) in [6.45, 7) is 8.42. The number of rotatable bonds is 5. The van der Waals surface area contributed by atoms with E-state index >= 15 is 0 Å². The van der Waals surface area contributed by atoms with Crippen LogP contribution in [0.15, 0.2) is 11.6 Å². The third-order valence-corrected chi connectivity index (χ3v) is 1.37. The van der Waals surface area contributed by atoms with E-state index < -0.39 is 6.29 Å². The minimum Gasteiger partial charge on any atom is -0.342 e. The van der Waals surface area contributed by atoms with Gasteiger partial charge in [-0.05, 0) is 45.6 Å². The van der Waals surface area contributed by atoms with Gasteiger partial charge in [0.15, 0.2) is 0 Å². The van der Waals surface area contributed by atoms with E-state index in [1.54, 1.807) is 0 Å². The molecule has 0 amide bonds. The molecule has 3 nitrogen and oxygen atoms in total. The van der Waals surface area contributed by atoms with Gasteiger partial charge >= 0.3 is 0 Å². The molecule has 0 saturated heterocycles. The maximum atomic E-state index is 11.2. The van der Waals surface area contributed by atoms with E-state index in [4.69, 9.17) is 9.47 Å². The second-order valence-electron chi connectivity index (χ2n) is 3.10. The summed E-state index contributed by atoms with van der Waals surface area (Å²) in [6, 6.07) is 0. The fraction of sp³-hybridized carbons (Fsp3) is 0.583. The lowest BCUT2D eigenvalue weighted by Crippen LogP contribution is -2.15. The molecule has 0 saturated carbocycles. The van der Waals surface area contributed by atoms with Crippen LogP contribution in [-0.2, 0) is 14.3 Å². The smallest absolute Gasteiger partial charge is 0.228 e. The lowest BCUT2D eigenvalue weighted by molar-refractivity contribution is -0.110. The van der Waals surface area contributed by atoms with Crippen LogP contribution >= 0.6 is 0 Å². The van der Waals surface area contributed by atoms with Gasteiger partial charge in [-0.15, -0.1) is 0 Å². The van der Waals surface area contributed by atoms with Crippen molar-refractivity contribution in [3.05, 3.63) is 11.6 Å². The normalized spacial score (nSPS) is 9.40. The minimum atomic E-state index is -0.602. The van der Waals surface area contributed by atoms with Gasteiger partial charge in [-0.1, -0.05) is 5.57 Å². The number of carbonyl (C=O) groups excluding carboxylic acids is 1. The zero-order chi connectivity index (χ0) is 11.7. The molecular weight excluding hydrogens is 192 g/mol. The van der Waals surface area contributed by atoms with E-state index in [9.17, 15) is 4.79 Å². The Morgan fingerprint density at radius 2 is 1.80 bits per heavy atom. The molecule has 84 valence electrons. The second-order valence-corrected chi connectivity index (χ2v) is 3.10. The number of allylic oxidation sites excluding steroid dienone is 2. The molecular formula is C12H18O3. The van der Waals surface area contributed by atoms with Gasteiger partial charge in [0.1, 0.15) is 0 Å². The number of ketones is 1. The highest BCUT2D eigenvalue weighted by Crippen LogP contribution is 1.93. The molecule has 0 fully saturated rings. The molecule has 0 aliphatic carbocycles. The molecule has 0 atom stereocenters. The van der Waals surface area contributed by atoms with Crippen molar-refractivity contribution in [1.29, 1.82) is 0 Å². The Bertz CT molecular complexity index is 271. The highest BCUT2D eigenvalue weighted by atomic mass is 16.7. The summed E-state index contributed by atoms with van der Waals surface area (Å²) in [4.78, 5) is 11.2. The number of hydrogen-bond acceptors (Lipinski definition) is 3. The first-order valence-corrected chi connectivity index (χ1v) is 5.03. The van der Waals surface area contributed by atoms with E-state index in [0.717, 1.165) is 5.57 Å². The molecule has 0 aromatic heterocycles. The summed E-state index contributed by atoms with van der Waals surface area (Å²) in [5.41, 5.74) is 0.929. The Kier molecular flexibility index (Phi) is 7.61.